The van der Waals surface area contributed by atoms with Crippen LogP contribution in [-0.2, 0) is 4.74 Å². The van der Waals surface area contributed by atoms with Crippen LogP contribution < -0.4 is 9.63 Å². The summed E-state index contributed by atoms with van der Waals surface area (Å²) < 4.78 is 8.38. The van der Waals surface area contributed by atoms with Gasteiger partial charge in [0, 0.05) is 68.3 Å². The number of amides is 1. The fourth-order valence-corrected chi connectivity index (χ4v) is 4.26. The second kappa shape index (κ2) is 9.14. The molecule has 0 aromatic carbocycles. The summed E-state index contributed by atoms with van der Waals surface area (Å²) >= 11 is 0. The summed E-state index contributed by atoms with van der Waals surface area (Å²) in [5.74, 6) is 0.872. The number of nitrogens with zero attached hydrogens (tertiary/aromatic N) is 6. The van der Waals surface area contributed by atoms with Crippen LogP contribution in [0.25, 0.3) is 28.0 Å². The Bertz CT molecular complexity index is 1400. The number of carbonyl (C=O) groups is 1. The van der Waals surface area contributed by atoms with Gasteiger partial charge >= 0.3 is 6.09 Å². The number of hydrogen-bond acceptors (Lipinski definition) is 6. The molecular weight excluding hydrogens is 456 g/mol. The van der Waals surface area contributed by atoms with Crippen LogP contribution in [0.15, 0.2) is 61.2 Å². The second-order valence-corrected chi connectivity index (χ2v) is 10.0. The van der Waals surface area contributed by atoms with Gasteiger partial charge in [-0.15, -0.1) is 0 Å². The highest BCUT2D eigenvalue weighted by Crippen LogP contribution is 2.26. The molecule has 4 aromatic rings. The van der Waals surface area contributed by atoms with Crippen molar-refractivity contribution in [2.24, 2.45) is 0 Å². The Labute approximate surface area is 210 Å². The molecule has 1 fully saturated rings. The first-order chi connectivity index (χ1) is 17.2. The molecule has 0 bridgehead atoms. The van der Waals surface area contributed by atoms with E-state index < -0.39 is 5.60 Å². The van der Waals surface area contributed by atoms with E-state index in [1.807, 2.05) is 80.2 Å². The van der Waals surface area contributed by atoms with Crippen LogP contribution in [0.5, 0.6) is 0 Å². The van der Waals surface area contributed by atoms with Crippen LogP contribution in [0.4, 0.5) is 10.6 Å². The number of imidazole rings is 1. The number of pyridine rings is 3. The van der Waals surface area contributed by atoms with Crippen LogP contribution in [0, 0.1) is 12.1 Å². The van der Waals surface area contributed by atoms with Crippen molar-refractivity contribution in [2.75, 3.05) is 31.1 Å². The van der Waals surface area contributed by atoms with Crippen LogP contribution in [-0.4, -0.2) is 57.1 Å². The molecule has 0 atom stereocenters. The molecule has 0 N–H and O–H groups in total. The summed E-state index contributed by atoms with van der Waals surface area (Å²) in [6.07, 6.45) is 6.99. The first kappa shape index (κ1) is 23.6. The maximum atomic E-state index is 12.3. The summed E-state index contributed by atoms with van der Waals surface area (Å²) in [4.78, 5) is 25.5. The molecule has 36 heavy (non-hydrogen) atoms. The number of ether oxygens (including phenoxy) is 1. The number of aromatic nitrogens is 4. The van der Waals surface area contributed by atoms with Gasteiger partial charge in [-0.2, -0.15) is 4.73 Å². The third-order valence-corrected chi connectivity index (χ3v) is 6.25. The highest BCUT2D eigenvalue weighted by atomic mass is 16.6. The number of rotatable bonds is 3. The summed E-state index contributed by atoms with van der Waals surface area (Å²) in [7, 11) is 0. The summed E-state index contributed by atoms with van der Waals surface area (Å²) in [6.45, 7) is 9.99. The van der Waals surface area contributed by atoms with Crippen LogP contribution >= 0.6 is 0 Å². The van der Waals surface area contributed by atoms with E-state index in [0.29, 0.717) is 31.9 Å². The minimum atomic E-state index is -0.498. The summed E-state index contributed by atoms with van der Waals surface area (Å²) in [6, 6.07) is 11.7. The molecular formula is C27H30N6O3. The zero-order chi connectivity index (χ0) is 25.4. The Kier molecular flexibility index (Phi) is 5.99. The van der Waals surface area contributed by atoms with E-state index in [1.54, 1.807) is 18.0 Å². The minimum Gasteiger partial charge on any atom is -0.618 e. The van der Waals surface area contributed by atoms with Gasteiger partial charge in [0.2, 0.25) is 0 Å². The van der Waals surface area contributed by atoms with E-state index in [1.165, 1.54) is 0 Å². The SMILES string of the molecule is Cc1ccc(-c2ccc3ncc(-c4ccc(N5CCN(C(=O)OC(C)(C)C)CC5)nc4)n3c2)c[n+]1[O-]. The van der Waals surface area contributed by atoms with E-state index in [4.69, 9.17) is 9.72 Å². The van der Waals surface area contributed by atoms with Gasteiger partial charge < -0.3 is 19.7 Å². The quantitative estimate of drug-likeness (QED) is 0.320. The Balaban J connectivity index is 1.32. The molecule has 0 spiro atoms. The average Bonchev–Trinajstić information content (AvgIpc) is 3.28. The lowest BCUT2D eigenvalue weighted by atomic mass is 10.1. The summed E-state index contributed by atoms with van der Waals surface area (Å²) in [5.41, 5.74) is 4.61. The fourth-order valence-electron chi connectivity index (χ4n) is 4.26. The topological polar surface area (TPSA) is 89.9 Å². The molecule has 1 aliphatic heterocycles. The molecule has 0 aliphatic carbocycles. The number of carbonyl (C=O) groups excluding carboxylic acids is 1. The average molecular weight is 487 g/mol. The monoisotopic (exact) mass is 486 g/mol. The normalized spacial score (nSPS) is 14.3. The van der Waals surface area contributed by atoms with E-state index in [-0.39, 0.29) is 6.09 Å². The molecule has 0 saturated carbocycles. The molecule has 5 heterocycles. The second-order valence-electron chi connectivity index (χ2n) is 10.0. The maximum Gasteiger partial charge on any atom is 0.410 e. The molecule has 1 amide bonds. The lowest BCUT2D eigenvalue weighted by Crippen LogP contribution is -2.50. The fraction of sp³-hybridized carbons (Fsp3) is 0.333. The van der Waals surface area contributed by atoms with Gasteiger partial charge in [0.25, 0.3) is 0 Å². The standard InChI is InChI=1S/C27H30N6O3/c1-19-5-6-22(18-33(19)35)21-8-10-25-29-16-23(32(25)17-21)20-7-9-24(28-15-20)30-11-13-31(14-12-30)26(34)36-27(2,3)4/h5-10,15-18H,11-14H2,1-4H3. The van der Waals surface area contributed by atoms with Gasteiger partial charge in [-0.25, -0.2) is 14.8 Å². The molecule has 9 nitrogen and oxygen atoms in total. The van der Waals surface area contributed by atoms with Crippen molar-refractivity contribution in [3.05, 3.63) is 72.1 Å². The van der Waals surface area contributed by atoms with Gasteiger partial charge in [-0.05, 0) is 51.1 Å². The molecule has 4 aromatic heterocycles. The minimum absolute atomic E-state index is 0.270. The number of fused-ring (bicyclic) bond motifs is 1. The van der Waals surface area contributed by atoms with Crippen molar-refractivity contribution in [1.82, 2.24) is 19.3 Å². The van der Waals surface area contributed by atoms with Crippen LogP contribution in [0.3, 0.4) is 0 Å². The third-order valence-electron chi connectivity index (χ3n) is 6.25. The molecule has 0 unspecified atom stereocenters. The predicted octanol–water partition coefficient (Wildman–Crippen LogP) is 4.06. The van der Waals surface area contributed by atoms with Crippen molar-refractivity contribution >= 4 is 17.6 Å². The largest absolute Gasteiger partial charge is 0.618 e. The van der Waals surface area contributed by atoms with Crippen molar-refractivity contribution in [3.63, 3.8) is 0 Å². The highest BCUT2D eigenvalue weighted by Gasteiger charge is 2.26. The molecule has 186 valence electrons. The Morgan fingerprint density at radius 3 is 2.33 bits per heavy atom. The highest BCUT2D eigenvalue weighted by molar-refractivity contribution is 5.70. The number of aryl methyl sites for hydroxylation is 1. The number of hydrogen-bond donors (Lipinski definition) is 0. The van der Waals surface area contributed by atoms with Gasteiger partial charge in [-0.1, -0.05) is 0 Å². The van der Waals surface area contributed by atoms with E-state index >= 15 is 0 Å². The molecule has 1 aliphatic rings. The van der Waals surface area contributed by atoms with Gasteiger partial charge in [0.15, 0.2) is 11.9 Å². The van der Waals surface area contributed by atoms with Crippen molar-refractivity contribution in [2.45, 2.75) is 33.3 Å². The molecule has 9 heteroatoms. The van der Waals surface area contributed by atoms with Crippen LogP contribution in [0.2, 0.25) is 0 Å². The number of piperazine rings is 1. The zero-order valence-corrected chi connectivity index (χ0v) is 21.0. The van der Waals surface area contributed by atoms with Crippen molar-refractivity contribution < 1.29 is 14.3 Å². The van der Waals surface area contributed by atoms with Gasteiger partial charge in [0.05, 0.1) is 11.9 Å². The lowest BCUT2D eigenvalue weighted by molar-refractivity contribution is -0.611. The maximum absolute atomic E-state index is 12.3. The smallest absolute Gasteiger partial charge is 0.410 e. The Hall–Kier alpha value is -4.14. The first-order valence-electron chi connectivity index (χ1n) is 12.0. The van der Waals surface area contributed by atoms with Gasteiger partial charge in [0.1, 0.15) is 17.1 Å². The van der Waals surface area contributed by atoms with E-state index in [0.717, 1.165) is 38.6 Å². The Morgan fingerprint density at radius 2 is 1.67 bits per heavy atom. The molecule has 5 rings (SSSR count). The third kappa shape index (κ3) is 4.82. The van der Waals surface area contributed by atoms with Gasteiger partial charge in [-0.3, -0.25) is 4.40 Å². The lowest BCUT2D eigenvalue weighted by Gasteiger charge is -2.36. The number of anilines is 1. The van der Waals surface area contributed by atoms with E-state index in [2.05, 4.69) is 9.88 Å². The van der Waals surface area contributed by atoms with Crippen LogP contribution in [0.1, 0.15) is 26.5 Å². The Morgan fingerprint density at radius 1 is 0.944 bits per heavy atom. The van der Waals surface area contributed by atoms with E-state index in [9.17, 15) is 10.0 Å². The first-order valence-corrected chi connectivity index (χ1v) is 12.0. The zero-order valence-electron chi connectivity index (χ0n) is 21.0. The molecule has 1 saturated heterocycles. The molecule has 0 radical (unpaired) electrons. The summed E-state index contributed by atoms with van der Waals surface area (Å²) in [5, 5.41) is 12.0. The van der Waals surface area contributed by atoms with Crippen molar-refractivity contribution in [1.29, 1.82) is 0 Å². The van der Waals surface area contributed by atoms with Crippen molar-refractivity contribution in [3.8, 4) is 22.4 Å². The predicted molar refractivity (Wildman–Crippen MR) is 138 cm³/mol.